The third kappa shape index (κ3) is 4.10. The van der Waals surface area contributed by atoms with Gasteiger partial charge in [-0.05, 0) is 42.5 Å². The lowest BCUT2D eigenvalue weighted by Gasteiger charge is -2.42. The third-order valence-electron chi connectivity index (χ3n) is 6.67. The van der Waals surface area contributed by atoms with Gasteiger partial charge in [0, 0.05) is 34.4 Å². The molecule has 1 aromatic heterocycles. The Hall–Kier alpha value is -3.58. The number of para-hydroxylation sites is 1. The van der Waals surface area contributed by atoms with E-state index in [0.29, 0.717) is 11.3 Å². The summed E-state index contributed by atoms with van der Waals surface area (Å²) >= 11 is 1.45. The molecule has 2 aromatic carbocycles. The smallest absolute Gasteiger partial charge is 0.317 e. The molecular weight excluding hydrogens is 465 g/mol. The van der Waals surface area contributed by atoms with Crippen molar-refractivity contribution in [3.05, 3.63) is 99.6 Å². The van der Waals surface area contributed by atoms with Crippen LogP contribution in [0.4, 0.5) is 10.1 Å². The van der Waals surface area contributed by atoms with E-state index in [2.05, 4.69) is 0 Å². The van der Waals surface area contributed by atoms with Gasteiger partial charge >= 0.3 is 5.97 Å². The van der Waals surface area contributed by atoms with Gasteiger partial charge in [-0.3, -0.25) is 19.3 Å². The molecule has 7 heteroatoms. The second-order valence-corrected chi connectivity index (χ2v) is 9.61. The Labute approximate surface area is 206 Å². The van der Waals surface area contributed by atoms with Gasteiger partial charge in [0.05, 0.1) is 12.3 Å². The summed E-state index contributed by atoms with van der Waals surface area (Å²) in [4.78, 5) is 43.0. The molecular formula is C28H24FNO4S. The van der Waals surface area contributed by atoms with Crippen LogP contribution in [0.5, 0.6) is 0 Å². The summed E-state index contributed by atoms with van der Waals surface area (Å²) < 4.78 is 20.3. The largest absolute Gasteiger partial charge is 0.465 e. The third-order valence-corrected chi connectivity index (χ3v) is 7.67. The Morgan fingerprint density at radius 3 is 2.46 bits per heavy atom. The van der Waals surface area contributed by atoms with Gasteiger partial charge in [0.1, 0.15) is 11.7 Å². The number of benzene rings is 2. The maximum atomic E-state index is 14.9. The molecule has 1 aliphatic carbocycles. The molecule has 3 aromatic rings. The number of thiophene rings is 1. The highest BCUT2D eigenvalue weighted by Crippen LogP contribution is 2.50. The van der Waals surface area contributed by atoms with E-state index in [0.717, 1.165) is 10.4 Å². The van der Waals surface area contributed by atoms with E-state index in [1.54, 1.807) is 25.1 Å². The van der Waals surface area contributed by atoms with Crippen LogP contribution >= 0.6 is 11.3 Å². The number of esters is 1. The summed E-state index contributed by atoms with van der Waals surface area (Å²) in [5.41, 5.74) is 1.78. The minimum absolute atomic E-state index is 0.00212. The standard InChI is InChI=1S/C28H24FNO4S/c1-2-34-28(33)26-19(23-13-8-14-35-23)15-22-25(27(26)32)18(17-9-4-3-5-10-17)16-24(31)30(22)21-12-7-6-11-20(21)29/h3-14,18-19,26H,2,15-16H2,1H3/t18-,19+,26-/m0/s1. The second kappa shape index (κ2) is 9.58. The number of ketones is 1. The van der Waals surface area contributed by atoms with Crippen LogP contribution < -0.4 is 4.90 Å². The maximum absolute atomic E-state index is 14.9. The molecule has 2 aliphatic rings. The Bertz CT molecular complexity index is 1300. The number of allylic oxidation sites excluding steroid dienone is 2. The number of carbonyl (C=O) groups is 3. The van der Waals surface area contributed by atoms with Crippen molar-refractivity contribution in [1.29, 1.82) is 0 Å². The number of hydrogen-bond donors (Lipinski definition) is 0. The van der Waals surface area contributed by atoms with Crippen molar-refractivity contribution >= 4 is 34.7 Å². The highest BCUT2D eigenvalue weighted by Gasteiger charge is 2.50. The van der Waals surface area contributed by atoms with Gasteiger partial charge in [0.2, 0.25) is 5.91 Å². The number of halogens is 1. The Morgan fingerprint density at radius 1 is 1.03 bits per heavy atom. The molecule has 0 radical (unpaired) electrons. The molecule has 178 valence electrons. The normalized spacial score (nSPS) is 22.2. The van der Waals surface area contributed by atoms with E-state index in [4.69, 9.17) is 4.74 Å². The molecule has 0 saturated heterocycles. The zero-order chi connectivity index (χ0) is 24.5. The lowest BCUT2D eigenvalue weighted by molar-refractivity contribution is -0.152. The fourth-order valence-corrected chi connectivity index (χ4v) is 6.05. The number of carbonyl (C=O) groups excluding carboxylic acids is 3. The predicted molar refractivity (Wildman–Crippen MR) is 132 cm³/mol. The van der Waals surface area contributed by atoms with E-state index < -0.39 is 29.5 Å². The van der Waals surface area contributed by atoms with E-state index in [1.165, 1.54) is 22.3 Å². The molecule has 0 spiro atoms. The van der Waals surface area contributed by atoms with Crippen LogP contribution in [0, 0.1) is 11.7 Å². The van der Waals surface area contributed by atoms with Crippen molar-refractivity contribution in [2.45, 2.75) is 31.6 Å². The highest BCUT2D eigenvalue weighted by molar-refractivity contribution is 7.10. The maximum Gasteiger partial charge on any atom is 0.317 e. The summed E-state index contributed by atoms with van der Waals surface area (Å²) in [6, 6.07) is 19.1. The van der Waals surface area contributed by atoms with Gasteiger partial charge in [-0.1, -0.05) is 48.5 Å². The first-order valence-corrected chi connectivity index (χ1v) is 12.5. The van der Waals surface area contributed by atoms with Crippen LogP contribution in [0.2, 0.25) is 0 Å². The van der Waals surface area contributed by atoms with E-state index in [9.17, 15) is 18.8 Å². The number of nitrogens with zero attached hydrogens (tertiary/aromatic N) is 1. The van der Waals surface area contributed by atoms with Gasteiger partial charge in [0.15, 0.2) is 5.78 Å². The molecule has 5 nitrogen and oxygen atoms in total. The van der Waals surface area contributed by atoms with Crippen LogP contribution in [0.25, 0.3) is 0 Å². The molecule has 0 bridgehead atoms. The quantitative estimate of drug-likeness (QED) is 0.346. The lowest BCUT2D eigenvalue weighted by Crippen LogP contribution is -2.46. The van der Waals surface area contributed by atoms with Crippen molar-refractivity contribution in [1.82, 2.24) is 0 Å². The molecule has 1 aliphatic heterocycles. The molecule has 35 heavy (non-hydrogen) atoms. The molecule has 0 unspecified atom stereocenters. The fraction of sp³-hybridized carbons (Fsp3) is 0.250. The molecule has 0 N–H and O–H groups in total. The van der Waals surface area contributed by atoms with Crippen LogP contribution in [-0.4, -0.2) is 24.3 Å². The Balaban J connectivity index is 1.73. The van der Waals surface area contributed by atoms with Crippen LogP contribution in [0.15, 0.2) is 83.4 Å². The zero-order valence-corrected chi connectivity index (χ0v) is 20.0. The molecule has 2 heterocycles. The molecule has 0 fully saturated rings. The number of ether oxygens (including phenoxy) is 1. The summed E-state index contributed by atoms with van der Waals surface area (Å²) in [6.07, 6.45) is 0.247. The predicted octanol–water partition coefficient (Wildman–Crippen LogP) is 5.60. The average molecular weight is 490 g/mol. The van der Waals surface area contributed by atoms with E-state index in [1.807, 2.05) is 47.8 Å². The zero-order valence-electron chi connectivity index (χ0n) is 19.1. The summed E-state index contributed by atoms with van der Waals surface area (Å²) in [5.74, 6) is -3.79. The highest BCUT2D eigenvalue weighted by atomic mass is 32.1. The molecule has 3 atom stereocenters. The van der Waals surface area contributed by atoms with Crippen molar-refractivity contribution in [3.8, 4) is 0 Å². The van der Waals surface area contributed by atoms with Gasteiger partial charge in [-0.15, -0.1) is 11.3 Å². The minimum atomic E-state index is -1.02. The van der Waals surface area contributed by atoms with Crippen LogP contribution in [0.1, 0.15) is 42.0 Å². The van der Waals surface area contributed by atoms with Crippen molar-refractivity contribution < 1.29 is 23.5 Å². The van der Waals surface area contributed by atoms with Gasteiger partial charge in [-0.25, -0.2) is 4.39 Å². The SMILES string of the molecule is CCOC(=O)[C@@H]1C(=O)C2=C(C[C@@H]1c1cccs1)N(c1ccccc1F)C(=O)C[C@H]2c1ccccc1. The van der Waals surface area contributed by atoms with Crippen LogP contribution in [0.3, 0.4) is 0 Å². The van der Waals surface area contributed by atoms with E-state index >= 15 is 0 Å². The first kappa shape index (κ1) is 23.2. The number of Topliss-reactive ketones (excluding diaryl/α,β-unsaturated/α-hetero) is 1. The number of amides is 1. The number of hydrogen-bond acceptors (Lipinski definition) is 5. The van der Waals surface area contributed by atoms with Crippen molar-refractivity contribution in [3.63, 3.8) is 0 Å². The van der Waals surface area contributed by atoms with Crippen LogP contribution in [-0.2, 0) is 19.1 Å². The Morgan fingerprint density at radius 2 is 1.77 bits per heavy atom. The number of anilines is 1. The average Bonchev–Trinajstić information content (AvgIpc) is 3.40. The number of rotatable bonds is 5. The first-order valence-electron chi connectivity index (χ1n) is 11.6. The molecule has 5 rings (SSSR count). The summed E-state index contributed by atoms with van der Waals surface area (Å²) in [5, 5.41) is 1.89. The minimum Gasteiger partial charge on any atom is -0.465 e. The van der Waals surface area contributed by atoms with E-state index in [-0.39, 0.29) is 36.8 Å². The second-order valence-electron chi connectivity index (χ2n) is 8.63. The lowest BCUT2D eigenvalue weighted by atomic mass is 9.69. The monoisotopic (exact) mass is 489 g/mol. The van der Waals surface area contributed by atoms with Gasteiger partial charge in [0.25, 0.3) is 0 Å². The summed E-state index contributed by atoms with van der Waals surface area (Å²) in [7, 11) is 0. The van der Waals surface area contributed by atoms with Crippen molar-refractivity contribution in [2.75, 3.05) is 11.5 Å². The topological polar surface area (TPSA) is 63.7 Å². The fourth-order valence-electron chi connectivity index (χ4n) is 5.18. The Kier molecular flexibility index (Phi) is 6.34. The van der Waals surface area contributed by atoms with Gasteiger partial charge in [-0.2, -0.15) is 0 Å². The summed E-state index contributed by atoms with van der Waals surface area (Å²) in [6.45, 7) is 1.87. The molecule has 0 saturated carbocycles. The van der Waals surface area contributed by atoms with Gasteiger partial charge < -0.3 is 4.74 Å². The van der Waals surface area contributed by atoms with Crippen molar-refractivity contribution in [2.24, 2.45) is 5.92 Å². The molecule has 1 amide bonds. The first-order chi connectivity index (χ1) is 17.0.